The highest BCUT2D eigenvalue weighted by atomic mass is 16.5. The third-order valence-electron chi connectivity index (χ3n) is 3.02. The van der Waals surface area contributed by atoms with Gasteiger partial charge in [0.05, 0.1) is 7.11 Å². The maximum atomic E-state index is 6.03. The van der Waals surface area contributed by atoms with E-state index < -0.39 is 0 Å². The summed E-state index contributed by atoms with van der Waals surface area (Å²) in [6.45, 7) is 2.07. The Morgan fingerprint density at radius 2 is 1.79 bits per heavy atom. The van der Waals surface area contributed by atoms with E-state index in [1.54, 1.807) is 7.11 Å². The van der Waals surface area contributed by atoms with E-state index in [0.29, 0.717) is 11.5 Å². The topological polar surface area (TPSA) is 44.5 Å². The first-order valence-corrected chi connectivity index (χ1v) is 6.41. The molecule has 0 fully saturated rings. The molecule has 2 aromatic carbocycles. The summed E-state index contributed by atoms with van der Waals surface area (Å²) < 4.78 is 11.1. The van der Waals surface area contributed by atoms with Crippen LogP contribution in [0.15, 0.2) is 48.5 Å². The normalized spacial score (nSPS) is 11.9. The van der Waals surface area contributed by atoms with Crippen LogP contribution in [0.3, 0.4) is 0 Å². The number of rotatable bonds is 5. The summed E-state index contributed by atoms with van der Waals surface area (Å²) in [7, 11) is 1.63. The number of benzene rings is 2. The van der Waals surface area contributed by atoms with Crippen molar-refractivity contribution in [3.05, 3.63) is 54.1 Å². The smallest absolute Gasteiger partial charge is 0.169 e. The van der Waals surface area contributed by atoms with E-state index in [0.717, 1.165) is 17.7 Å². The first-order chi connectivity index (χ1) is 9.24. The quantitative estimate of drug-likeness (QED) is 0.883. The van der Waals surface area contributed by atoms with Gasteiger partial charge < -0.3 is 15.2 Å². The van der Waals surface area contributed by atoms with E-state index in [2.05, 4.69) is 6.92 Å². The van der Waals surface area contributed by atoms with Crippen molar-refractivity contribution in [2.24, 2.45) is 5.73 Å². The summed E-state index contributed by atoms with van der Waals surface area (Å²) in [4.78, 5) is 0. The van der Waals surface area contributed by atoms with Crippen LogP contribution in [0.1, 0.15) is 24.9 Å². The van der Waals surface area contributed by atoms with E-state index in [4.69, 9.17) is 15.2 Å². The standard InChI is InChI=1S/C16H19NO2/c1-3-14(17)12-7-6-8-13(11-12)19-16-10-5-4-9-15(16)18-2/h4-11,14H,3,17H2,1-2H3. The van der Waals surface area contributed by atoms with Crippen molar-refractivity contribution in [2.45, 2.75) is 19.4 Å². The SMILES string of the molecule is CCC(N)c1cccc(Oc2ccccc2OC)c1. The molecule has 100 valence electrons. The van der Waals surface area contributed by atoms with Crippen LogP contribution in [-0.4, -0.2) is 7.11 Å². The zero-order valence-electron chi connectivity index (χ0n) is 11.3. The van der Waals surface area contributed by atoms with Gasteiger partial charge in [-0.25, -0.2) is 0 Å². The number of hydrogen-bond acceptors (Lipinski definition) is 3. The van der Waals surface area contributed by atoms with Gasteiger partial charge in [0.2, 0.25) is 0 Å². The molecule has 0 aliphatic heterocycles. The highest BCUT2D eigenvalue weighted by Gasteiger charge is 2.07. The maximum Gasteiger partial charge on any atom is 0.169 e. The van der Waals surface area contributed by atoms with Crippen LogP contribution in [0, 0.1) is 0 Å². The molecule has 0 saturated carbocycles. The Morgan fingerprint density at radius 3 is 2.47 bits per heavy atom. The number of methoxy groups -OCH3 is 1. The summed E-state index contributed by atoms with van der Waals surface area (Å²) >= 11 is 0. The minimum atomic E-state index is 0.0428. The van der Waals surface area contributed by atoms with Gasteiger partial charge in [-0.15, -0.1) is 0 Å². The summed E-state index contributed by atoms with van der Waals surface area (Å²) in [5.74, 6) is 2.19. The van der Waals surface area contributed by atoms with E-state index in [9.17, 15) is 0 Å². The summed E-state index contributed by atoms with van der Waals surface area (Å²) in [5.41, 5.74) is 7.11. The van der Waals surface area contributed by atoms with Crippen LogP contribution in [0.2, 0.25) is 0 Å². The van der Waals surface area contributed by atoms with Gasteiger partial charge in [0, 0.05) is 6.04 Å². The molecule has 19 heavy (non-hydrogen) atoms. The molecule has 0 aliphatic carbocycles. The lowest BCUT2D eigenvalue weighted by Crippen LogP contribution is -2.08. The van der Waals surface area contributed by atoms with Crippen molar-refractivity contribution >= 4 is 0 Å². The van der Waals surface area contributed by atoms with Gasteiger partial charge in [0.25, 0.3) is 0 Å². The zero-order valence-corrected chi connectivity index (χ0v) is 11.3. The van der Waals surface area contributed by atoms with Gasteiger partial charge in [-0.3, -0.25) is 0 Å². The Morgan fingerprint density at radius 1 is 1.05 bits per heavy atom. The van der Waals surface area contributed by atoms with Crippen LogP contribution in [0.4, 0.5) is 0 Å². The van der Waals surface area contributed by atoms with Gasteiger partial charge in [0.15, 0.2) is 11.5 Å². The Labute approximate surface area is 114 Å². The lowest BCUT2D eigenvalue weighted by atomic mass is 10.1. The molecule has 2 aromatic rings. The molecule has 0 saturated heterocycles. The van der Waals surface area contributed by atoms with Crippen LogP contribution < -0.4 is 15.2 Å². The Bertz CT molecular complexity index is 540. The van der Waals surface area contributed by atoms with Crippen molar-refractivity contribution < 1.29 is 9.47 Å². The molecule has 0 aromatic heterocycles. The van der Waals surface area contributed by atoms with E-state index in [-0.39, 0.29) is 6.04 Å². The molecule has 0 aliphatic rings. The van der Waals surface area contributed by atoms with Crippen LogP contribution in [0.25, 0.3) is 0 Å². The monoisotopic (exact) mass is 257 g/mol. The fraction of sp³-hybridized carbons (Fsp3) is 0.250. The van der Waals surface area contributed by atoms with Crippen molar-refractivity contribution in [3.63, 3.8) is 0 Å². The molecule has 1 unspecified atom stereocenters. The first kappa shape index (κ1) is 13.4. The van der Waals surface area contributed by atoms with Crippen molar-refractivity contribution in [1.82, 2.24) is 0 Å². The van der Waals surface area contributed by atoms with Gasteiger partial charge in [-0.05, 0) is 36.2 Å². The highest BCUT2D eigenvalue weighted by Crippen LogP contribution is 2.31. The average molecular weight is 257 g/mol. The lowest BCUT2D eigenvalue weighted by Gasteiger charge is -2.13. The predicted octanol–water partition coefficient (Wildman–Crippen LogP) is 3.90. The summed E-state index contributed by atoms with van der Waals surface area (Å²) in [6.07, 6.45) is 0.901. The third kappa shape index (κ3) is 3.26. The minimum Gasteiger partial charge on any atom is -0.493 e. The predicted molar refractivity (Wildman–Crippen MR) is 76.7 cm³/mol. The van der Waals surface area contributed by atoms with Crippen LogP contribution >= 0.6 is 0 Å². The average Bonchev–Trinajstić information content (AvgIpc) is 2.47. The number of nitrogens with two attached hydrogens (primary N) is 1. The second-order valence-corrected chi connectivity index (χ2v) is 4.34. The molecule has 1 atom stereocenters. The van der Waals surface area contributed by atoms with Crippen LogP contribution in [-0.2, 0) is 0 Å². The fourth-order valence-electron chi connectivity index (χ4n) is 1.87. The van der Waals surface area contributed by atoms with Crippen molar-refractivity contribution in [2.75, 3.05) is 7.11 Å². The second-order valence-electron chi connectivity index (χ2n) is 4.34. The minimum absolute atomic E-state index is 0.0428. The van der Waals surface area contributed by atoms with E-state index in [1.165, 1.54) is 0 Å². The van der Waals surface area contributed by atoms with Gasteiger partial charge in [-0.2, -0.15) is 0 Å². The Kier molecular flexibility index (Phi) is 4.42. The third-order valence-corrected chi connectivity index (χ3v) is 3.02. The molecule has 2 rings (SSSR count). The second kappa shape index (κ2) is 6.25. The molecular formula is C16H19NO2. The molecular weight excluding hydrogens is 238 g/mol. The molecule has 3 heteroatoms. The summed E-state index contributed by atoms with van der Waals surface area (Å²) in [5, 5.41) is 0. The fourth-order valence-corrected chi connectivity index (χ4v) is 1.87. The van der Waals surface area contributed by atoms with Gasteiger partial charge >= 0.3 is 0 Å². The number of para-hydroxylation sites is 2. The molecule has 0 amide bonds. The van der Waals surface area contributed by atoms with E-state index in [1.807, 2.05) is 48.5 Å². The molecule has 0 heterocycles. The number of hydrogen-bond donors (Lipinski definition) is 1. The molecule has 0 radical (unpaired) electrons. The van der Waals surface area contributed by atoms with Crippen molar-refractivity contribution in [1.29, 1.82) is 0 Å². The van der Waals surface area contributed by atoms with Crippen LogP contribution in [0.5, 0.6) is 17.2 Å². The largest absolute Gasteiger partial charge is 0.493 e. The molecule has 0 spiro atoms. The maximum absolute atomic E-state index is 6.03. The molecule has 3 nitrogen and oxygen atoms in total. The Hall–Kier alpha value is -2.00. The Balaban J connectivity index is 2.23. The lowest BCUT2D eigenvalue weighted by molar-refractivity contribution is 0.378. The first-order valence-electron chi connectivity index (χ1n) is 6.41. The van der Waals surface area contributed by atoms with Gasteiger partial charge in [0.1, 0.15) is 5.75 Å². The zero-order chi connectivity index (χ0) is 13.7. The van der Waals surface area contributed by atoms with Gasteiger partial charge in [-0.1, -0.05) is 31.2 Å². The molecule has 2 N–H and O–H groups in total. The summed E-state index contributed by atoms with van der Waals surface area (Å²) in [6, 6.07) is 15.5. The van der Waals surface area contributed by atoms with E-state index >= 15 is 0 Å². The number of ether oxygens (including phenoxy) is 2. The molecule has 0 bridgehead atoms. The highest BCUT2D eigenvalue weighted by molar-refractivity contribution is 5.43. The van der Waals surface area contributed by atoms with Crippen molar-refractivity contribution in [3.8, 4) is 17.2 Å².